The number of hydrogen-bond donors (Lipinski definition) is 0. The number of unbranched alkanes of at least 4 members (excludes halogenated alkanes) is 3. The van der Waals surface area contributed by atoms with Gasteiger partial charge in [-0.3, -0.25) is 9.59 Å². The quantitative estimate of drug-likeness (QED) is 0.294. The predicted octanol–water partition coefficient (Wildman–Crippen LogP) is 3.57. The molecule has 0 saturated heterocycles. The van der Waals surface area contributed by atoms with E-state index >= 15 is 0 Å². The monoisotopic (exact) mass is 282 g/mol. The lowest BCUT2D eigenvalue weighted by molar-refractivity contribution is -0.146. The summed E-state index contributed by atoms with van der Waals surface area (Å²) in [5.41, 5.74) is 0. The fourth-order valence-corrected chi connectivity index (χ4v) is 1.50. The van der Waals surface area contributed by atoms with Crippen LogP contribution in [0.4, 0.5) is 0 Å². The average Bonchev–Trinajstić information content (AvgIpc) is 2.43. The van der Waals surface area contributed by atoms with Crippen LogP contribution in [-0.2, 0) is 19.1 Å². The molecule has 0 rings (SSSR count). The third kappa shape index (κ3) is 12.9. The molecule has 0 heterocycles. The lowest BCUT2D eigenvalue weighted by Gasteiger charge is -2.05. The Morgan fingerprint density at radius 3 is 1.50 bits per heavy atom. The molecular weight excluding hydrogens is 256 g/mol. The Bertz CT molecular complexity index is 267. The molecule has 0 unspecified atom stereocenters. The number of ether oxygens (including phenoxy) is 2. The molecule has 20 heavy (non-hydrogen) atoms. The van der Waals surface area contributed by atoms with E-state index in [9.17, 15) is 9.59 Å². The molecule has 4 nitrogen and oxygen atoms in total. The van der Waals surface area contributed by atoms with Crippen molar-refractivity contribution in [1.82, 2.24) is 0 Å². The van der Waals surface area contributed by atoms with E-state index in [1.807, 2.05) is 0 Å². The maximum atomic E-state index is 11.3. The van der Waals surface area contributed by atoms with Gasteiger partial charge < -0.3 is 9.47 Å². The second-order valence-corrected chi connectivity index (χ2v) is 4.51. The van der Waals surface area contributed by atoms with E-state index in [-0.39, 0.29) is 11.9 Å². The van der Waals surface area contributed by atoms with Crippen LogP contribution in [0.15, 0.2) is 25.3 Å². The lowest BCUT2D eigenvalue weighted by atomic mass is 10.2. The minimum absolute atomic E-state index is 0.173. The van der Waals surface area contributed by atoms with Crippen molar-refractivity contribution in [2.75, 3.05) is 13.2 Å². The van der Waals surface area contributed by atoms with Gasteiger partial charge in [-0.25, -0.2) is 0 Å². The minimum atomic E-state index is -0.173. The zero-order chi connectivity index (χ0) is 15.1. The van der Waals surface area contributed by atoms with E-state index in [0.29, 0.717) is 38.9 Å². The number of carbonyl (C=O) groups is 2. The molecule has 0 aromatic rings. The summed E-state index contributed by atoms with van der Waals surface area (Å²) in [6.07, 6.45) is 9.10. The zero-order valence-corrected chi connectivity index (χ0v) is 12.3. The van der Waals surface area contributed by atoms with Crippen molar-refractivity contribution in [3.63, 3.8) is 0 Å². The molecule has 114 valence electrons. The molecule has 0 radical (unpaired) electrons. The van der Waals surface area contributed by atoms with Gasteiger partial charge in [-0.15, -0.1) is 13.2 Å². The van der Waals surface area contributed by atoms with Gasteiger partial charge in [0.1, 0.15) is 0 Å². The summed E-state index contributed by atoms with van der Waals surface area (Å²) in [5, 5.41) is 0. The summed E-state index contributed by atoms with van der Waals surface area (Å²) in [6.45, 7) is 7.96. The van der Waals surface area contributed by atoms with E-state index in [1.165, 1.54) is 0 Å². The van der Waals surface area contributed by atoms with Gasteiger partial charge in [-0.05, 0) is 38.5 Å². The van der Waals surface area contributed by atoms with Crippen LogP contribution in [0.2, 0.25) is 0 Å². The van der Waals surface area contributed by atoms with Gasteiger partial charge in [0.15, 0.2) is 0 Å². The van der Waals surface area contributed by atoms with Crippen molar-refractivity contribution in [2.45, 2.75) is 51.4 Å². The van der Waals surface area contributed by atoms with Gasteiger partial charge in [-0.1, -0.05) is 12.2 Å². The van der Waals surface area contributed by atoms with Crippen LogP contribution < -0.4 is 0 Å². The third-order valence-electron chi connectivity index (χ3n) is 2.64. The summed E-state index contributed by atoms with van der Waals surface area (Å²) in [7, 11) is 0. The van der Waals surface area contributed by atoms with Crippen LogP contribution in [0, 0.1) is 0 Å². The maximum absolute atomic E-state index is 11.3. The summed E-state index contributed by atoms with van der Waals surface area (Å²) in [4.78, 5) is 22.5. The molecule has 0 aliphatic heterocycles. The zero-order valence-electron chi connectivity index (χ0n) is 12.3. The molecule has 0 aliphatic rings. The van der Waals surface area contributed by atoms with Crippen LogP contribution >= 0.6 is 0 Å². The molecule has 4 heteroatoms. The highest BCUT2D eigenvalue weighted by molar-refractivity contribution is 5.69. The number of allylic oxidation sites excluding steroid dienone is 2. The highest BCUT2D eigenvalue weighted by Crippen LogP contribution is 2.01. The van der Waals surface area contributed by atoms with Crippen molar-refractivity contribution in [2.24, 2.45) is 0 Å². The van der Waals surface area contributed by atoms with E-state index < -0.39 is 0 Å². The van der Waals surface area contributed by atoms with E-state index in [1.54, 1.807) is 12.2 Å². The van der Waals surface area contributed by atoms with Gasteiger partial charge in [0.25, 0.3) is 0 Å². The highest BCUT2D eigenvalue weighted by Gasteiger charge is 2.03. The van der Waals surface area contributed by atoms with Gasteiger partial charge in [0.2, 0.25) is 0 Å². The smallest absolute Gasteiger partial charge is 0.305 e. The molecule has 0 amide bonds. The summed E-state index contributed by atoms with van der Waals surface area (Å²) in [6, 6.07) is 0. The Labute approximate surface area is 121 Å². The van der Waals surface area contributed by atoms with Crippen LogP contribution in [-0.4, -0.2) is 25.2 Å². The van der Waals surface area contributed by atoms with Crippen molar-refractivity contribution >= 4 is 11.9 Å². The predicted molar refractivity (Wildman–Crippen MR) is 79.2 cm³/mol. The van der Waals surface area contributed by atoms with Gasteiger partial charge in [0, 0.05) is 12.8 Å². The Morgan fingerprint density at radius 1 is 0.750 bits per heavy atom. The van der Waals surface area contributed by atoms with Gasteiger partial charge in [-0.2, -0.15) is 0 Å². The fourth-order valence-electron chi connectivity index (χ4n) is 1.50. The first-order chi connectivity index (χ1) is 9.70. The number of hydrogen-bond acceptors (Lipinski definition) is 4. The molecule has 0 saturated carbocycles. The molecule has 0 bridgehead atoms. The molecule has 0 aliphatic carbocycles. The van der Waals surface area contributed by atoms with Crippen LogP contribution in [0.3, 0.4) is 0 Å². The van der Waals surface area contributed by atoms with Crippen molar-refractivity contribution in [3.05, 3.63) is 25.3 Å². The average molecular weight is 282 g/mol. The molecule has 0 fully saturated rings. The Morgan fingerprint density at radius 2 is 1.15 bits per heavy atom. The minimum Gasteiger partial charge on any atom is -0.466 e. The maximum Gasteiger partial charge on any atom is 0.305 e. The highest BCUT2D eigenvalue weighted by atomic mass is 16.5. The second-order valence-electron chi connectivity index (χ2n) is 4.51. The Hall–Kier alpha value is -1.58. The molecule has 0 spiro atoms. The first-order valence-corrected chi connectivity index (χ1v) is 7.23. The summed E-state index contributed by atoms with van der Waals surface area (Å²) < 4.78 is 10.1. The van der Waals surface area contributed by atoms with Crippen LogP contribution in [0.25, 0.3) is 0 Å². The topological polar surface area (TPSA) is 52.6 Å². The third-order valence-corrected chi connectivity index (χ3v) is 2.64. The molecular formula is C16H26O4. The molecule has 0 atom stereocenters. The van der Waals surface area contributed by atoms with Crippen molar-refractivity contribution in [1.29, 1.82) is 0 Å². The Balaban J connectivity index is 3.30. The first kappa shape index (κ1) is 18.4. The number of carbonyl (C=O) groups excluding carboxylic acids is 2. The molecule has 0 aromatic heterocycles. The Kier molecular flexibility index (Phi) is 12.7. The fraction of sp³-hybridized carbons (Fsp3) is 0.625. The summed E-state index contributed by atoms with van der Waals surface area (Å²) >= 11 is 0. The van der Waals surface area contributed by atoms with Gasteiger partial charge >= 0.3 is 11.9 Å². The molecule has 0 N–H and O–H groups in total. The lowest BCUT2D eigenvalue weighted by Crippen LogP contribution is -2.08. The second kappa shape index (κ2) is 13.8. The van der Waals surface area contributed by atoms with Crippen LogP contribution in [0.5, 0.6) is 0 Å². The SMILES string of the molecule is C=CCCCC(=O)OCCCCOC(=O)CCCC=C. The van der Waals surface area contributed by atoms with Crippen LogP contribution in [0.1, 0.15) is 51.4 Å². The number of esters is 2. The normalized spacial score (nSPS) is 9.80. The number of rotatable bonds is 13. The first-order valence-electron chi connectivity index (χ1n) is 7.23. The largest absolute Gasteiger partial charge is 0.466 e. The standard InChI is InChI=1S/C16H26O4/c1-3-5-7-11-15(17)19-13-9-10-14-20-16(18)12-8-6-4-2/h3-4H,1-2,5-14H2. The van der Waals surface area contributed by atoms with E-state index in [0.717, 1.165) is 25.7 Å². The van der Waals surface area contributed by atoms with Gasteiger partial charge in [0.05, 0.1) is 13.2 Å². The van der Waals surface area contributed by atoms with Crippen molar-refractivity contribution < 1.29 is 19.1 Å². The van der Waals surface area contributed by atoms with E-state index in [2.05, 4.69) is 13.2 Å². The van der Waals surface area contributed by atoms with Crippen molar-refractivity contribution in [3.8, 4) is 0 Å². The summed E-state index contributed by atoms with van der Waals surface area (Å²) in [5.74, 6) is -0.346. The molecule has 0 aromatic carbocycles. The van der Waals surface area contributed by atoms with E-state index in [4.69, 9.17) is 9.47 Å².